The van der Waals surface area contributed by atoms with Crippen LogP contribution in [0.4, 0.5) is 0 Å². The van der Waals surface area contributed by atoms with E-state index in [4.69, 9.17) is 0 Å². The molecule has 1 aliphatic carbocycles. The number of hydrogen-bond acceptors (Lipinski definition) is 2. The molecular weight excluding hydrogens is 415 g/mol. The van der Waals surface area contributed by atoms with Gasteiger partial charge < -0.3 is 5.11 Å². The maximum atomic E-state index is 15.3. The normalized spacial score (nSPS) is 25.7. The van der Waals surface area contributed by atoms with Crippen molar-refractivity contribution >= 4 is 18.2 Å². The molecule has 1 aliphatic heterocycles. The molecule has 0 bridgehead atoms. The molecule has 176 valence electrons. The van der Waals surface area contributed by atoms with Crippen LogP contribution in [-0.4, -0.2) is 39.6 Å². The molecule has 2 aromatic carbocycles. The van der Waals surface area contributed by atoms with E-state index in [0.29, 0.717) is 0 Å². The second kappa shape index (κ2) is 8.55. The van der Waals surface area contributed by atoms with Gasteiger partial charge in [-0.2, -0.15) is 0 Å². The third-order valence-corrected chi connectivity index (χ3v) is 10.2. The summed E-state index contributed by atoms with van der Waals surface area (Å²) in [6.07, 6.45) is 4.48. The van der Waals surface area contributed by atoms with Gasteiger partial charge in [-0.15, -0.1) is 0 Å². The number of hydrogen-bond donors (Lipinski definition) is 1. The van der Waals surface area contributed by atoms with Crippen LogP contribution in [0, 0.1) is 10.8 Å². The van der Waals surface area contributed by atoms with Gasteiger partial charge in [-0.25, -0.2) is 9.34 Å². The van der Waals surface area contributed by atoms with E-state index in [1.165, 1.54) is 12.8 Å². The van der Waals surface area contributed by atoms with Crippen molar-refractivity contribution < 1.29 is 9.67 Å². The van der Waals surface area contributed by atoms with E-state index in [2.05, 4.69) is 63.0 Å². The van der Waals surface area contributed by atoms with Crippen LogP contribution in [0.5, 0.6) is 0 Å². The Balaban J connectivity index is 1.88. The van der Waals surface area contributed by atoms with Crippen molar-refractivity contribution in [2.75, 3.05) is 13.1 Å². The first kappa shape index (κ1) is 24.0. The fraction of sp³-hybridized carbons (Fsp3) is 0.630. The maximum Gasteiger partial charge on any atom is 0.249 e. The molecule has 1 N–H and O–H groups in total. The highest BCUT2D eigenvalue weighted by molar-refractivity contribution is 7.59. The molecule has 4 rings (SSSR count). The molecule has 0 aromatic heterocycles. The van der Waals surface area contributed by atoms with Crippen LogP contribution in [0.3, 0.4) is 0 Å². The Labute approximate surface area is 194 Å². The van der Waals surface area contributed by atoms with Gasteiger partial charge in [0.1, 0.15) is 0 Å². The average molecular weight is 457 g/mol. The van der Waals surface area contributed by atoms with Gasteiger partial charge >= 0.3 is 0 Å². The minimum atomic E-state index is -3.28. The van der Waals surface area contributed by atoms with Gasteiger partial charge in [0.25, 0.3) is 0 Å². The van der Waals surface area contributed by atoms with Crippen LogP contribution in [0.15, 0.2) is 42.5 Å². The molecule has 0 spiro atoms. The molecule has 2 aromatic rings. The summed E-state index contributed by atoms with van der Waals surface area (Å²) in [5, 5.41) is 14.1. The van der Waals surface area contributed by atoms with Crippen LogP contribution < -0.4 is 0 Å². The van der Waals surface area contributed by atoms with Crippen molar-refractivity contribution in [3.05, 3.63) is 48.0 Å². The number of benzene rings is 2. The molecule has 1 saturated carbocycles. The maximum absolute atomic E-state index is 15.3. The molecule has 2 aliphatic rings. The number of aliphatic hydroxyl groups is 1. The van der Waals surface area contributed by atoms with Gasteiger partial charge in [-0.05, 0) is 40.0 Å². The fourth-order valence-corrected chi connectivity index (χ4v) is 9.79. The lowest BCUT2D eigenvalue weighted by Crippen LogP contribution is -2.43. The van der Waals surface area contributed by atoms with Gasteiger partial charge in [0.2, 0.25) is 7.44 Å². The number of rotatable bonds is 4. The third-order valence-electron chi connectivity index (χ3n) is 6.89. The molecular formula is C27H41N2O2P. The van der Waals surface area contributed by atoms with Gasteiger partial charge in [0, 0.05) is 25.2 Å². The van der Waals surface area contributed by atoms with E-state index in [0.717, 1.165) is 42.3 Å². The Bertz CT molecular complexity index is 965. The molecule has 4 nitrogen and oxygen atoms in total. The second-order valence-corrected chi connectivity index (χ2v) is 15.0. The SMILES string of the molecule is CC(C)(C)CN1[C@@H]2CCCC[C@H]2N(CC(C)(C)C)P1(=O)C(O)c1cccc2ccccc12. The van der Waals surface area contributed by atoms with Crippen LogP contribution in [0.2, 0.25) is 0 Å². The van der Waals surface area contributed by atoms with E-state index < -0.39 is 13.3 Å². The molecule has 1 saturated heterocycles. The number of nitrogens with zero attached hydrogens (tertiary/aromatic N) is 2. The van der Waals surface area contributed by atoms with E-state index >= 15 is 4.57 Å². The Hall–Kier alpha value is -1.19. The van der Waals surface area contributed by atoms with Crippen LogP contribution in [0.25, 0.3) is 10.8 Å². The molecule has 1 unspecified atom stereocenters. The van der Waals surface area contributed by atoms with Gasteiger partial charge in [-0.1, -0.05) is 96.8 Å². The molecule has 32 heavy (non-hydrogen) atoms. The monoisotopic (exact) mass is 456 g/mol. The summed E-state index contributed by atoms with van der Waals surface area (Å²) in [4.78, 5) is 0. The van der Waals surface area contributed by atoms with E-state index in [9.17, 15) is 5.11 Å². The summed E-state index contributed by atoms with van der Waals surface area (Å²) in [6, 6.07) is 14.7. The lowest BCUT2D eigenvalue weighted by Gasteiger charge is -2.40. The predicted octanol–water partition coefficient (Wildman–Crippen LogP) is 7.04. The number of fused-ring (bicyclic) bond motifs is 2. The Morgan fingerprint density at radius 3 is 1.91 bits per heavy atom. The smallest absolute Gasteiger partial charge is 0.249 e. The predicted molar refractivity (Wildman–Crippen MR) is 135 cm³/mol. The van der Waals surface area contributed by atoms with Gasteiger partial charge in [0.05, 0.1) is 0 Å². The average Bonchev–Trinajstić information content (AvgIpc) is 2.94. The van der Waals surface area contributed by atoms with Crippen molar-refractivity contribution in [3.63, 3.8) is 0 Å². The highest BCUT2D eigenvalue weighted by atomic mass is 31.2. The minimum Gasteiger partial charge on any atom is -0.378 e. The summed E-state index contributed by atoms with van der Waals surface area (Å²) in [6.45, 7) is 14.7. The quantitative estimate of drug-likeness (QED) is 0.501. The summed E-state index contributed by atoms with van der Waals surface area (Å²) < 4.78 is 19.9. The first-order valence-electron chi connectivity index (χ1n) is 12.2. The molecule has 5 heteroatoms. The highest BCUT2D eigenvalue weighted by Gasteiger charge is 2.59. The van der Waals surface area contributed by atoms with Crippen molar-refractivity contribution in [3.8, 4) is 0 Å². The number of aliphatic hydroxyl groups excluding tert-OH is 1. The van der Waals surface area contributed by atoms with Gasteiger partial charge in [0.15, 0.2) is 5.85 Å². The fourth-order valence-electron chi connectivity index (χ4n) is 5.71. The van der Waals surface area contributed by atoms with Crippen molar-refractivity contribution in [1.82, 2.24) is 9.34 Å². The summed E-state index contributed by atoms with van der Waals surface area (Å²) in [5.41, 5.74) is 0.782. The van der Waals surface area contributed by atoms with Crippen molar-refractivity contribution in [2.24, 2.45) is 10.8 Å². The van der Waals surface area contributed by atoms with Gasteiger partial charge in [-0.3, -0.25) is 4.57 Å². The summed E-state index contributed by atoms with van der Waals surface area (Å²) in [5.74, 6) is -1.02. The highest BCUT2D eigenvalue weighted by Crippen LogP contribution is 2.71. The largest absolute Gasteiger partial charge is 0.378 e. The molecule has 0 amide bonds. The zero-order chi connectivity index (χ0) is 23.3. The van der Waals surface area contributed by atoms with Crippen LogP contribution >= 0.6 is 7.44 Å². The summed E-state index contributed by atoms with van der Waals surface area (Å²) >= 11 is 0. The van der Waals surface area contributed by atoms with E-state index in [1.807, 2.05) is 30.3 Å². The minimum absolute atomic E-state index is 0.00608. The molecule has 0 radical (unpaired) electrons. The summed E-state index contributed by atoms with van der Waals surface area (Å²) in [7, 11) is -3.28. The topological polar surface area (TPSA) is 43.8 Å². The van der Waals surface area contributed by atoms with Crippen LogP contribution in [0.1, 0.15) is 78.6 Å². The lowest BCUT2D eigenvalue weighted by molar-refractivity contribution is 0.159. The Morgan fingerprint density at radius 1 is 0.875 bits per heavy atom. The first-order chi connectivity index (χ1) is 14.9. The Kier molecular flexibility index (Phi) is 6.40. The molecule has 1 heterocycles. The van der Waals surface area contributed by atoms with Crippen LogP contribution in [-0.2, 0) is 4.57 Å². The third kappa shape index (κ3) is 4.44. The van der Waals surface area contributed by atoms with Crippen molar-refractivity contribution in [2.45, 2.75) is 85.2 Å². The second-order valence-electron chi connectivity index (χ2n) is 12.3. The van der Waals surface area contributed by atoms with E-state index in [1.54, 1.807) is 0 Å². The zero-order valence-corrected chi connectivity index (χ0v) is 21.6. The van der Waals surface area contributed by atoms with Crippen molar-refractivity contribution in [1.29, 1.82) is 0 Å². The standard InChI is InChI=1S/C27H41N2O2P/c1-26(2,3)18-28-23-16-9-10-17-24(23)29(19-27(4,5)6)32(28,31)25(30)22-15-11-13-20-12-7-8-14-21(20)22/h7-8,11-15,23-25,30H,9-10,16-19H2,1-6H3/t23-,24-,25?/m1/s1. The lowest BCUT2D eigenvalue weighted by atomic mass is 9.87. The zero-order valence-electron chi connectivity index (χ0n) is 20.7. The Morgan fingerprint density at radius 2 is 1.38 bits per heavy atom. The first-order valence-corrected chi connectivity index (χ1v) is 13.9. The molecule has 3 atom stereocenters. The molecule has 2 fully saturated rings. The van der Waals surface area contributed by atoms with E-state index in [-0.39, 0.29) is 22.9 Å².